The minimum Gasteiger partial charge on any atom is -0.488 e. The SMILES string of the molecule is CC(C)CC[C@H](N)c1ccc(OC(C)(C)C)cc1. The van der Waals surface area contributed by atoms with Gasteiger partial charge in [-0.1, -0.05) is 26.0 Å². The summed E-state index contributed by atoms with van der Waals surface area (Å²) in [5, 5.41) is 0. The highest BCUT2D eigenvalue weighted by molar-refractivity contribution is 5.29. The molecule has 1 atom stereocenters. The molecule has 0 radical (unpaired) electrons. The van der Waals surface area contributed by atoms with Crippen molar-refractivity contribution in [2.24, 2.45) is 11.7 Å². The molecule has 0 bridgehead atoms. The fourth-order valence-electron chi connectivity index (χ4n) is 1.82. The second kappa shape index (κ2) is 6.24. The average molecular weight is 249 g/mol. The lowest BCUT2D eigenvalue weighted by Gasteiger charge is -2.21. The lowest BCUT2D eigenvalue weighted by molar-refractivity contribution is 0.131. The van der Waals surface area contributed by atoms with E-state index in [2.05, 4.69) is 46.8 Å². The van der Waals surface area contributed by atoms with Gasteiger partial charge >= 0.3 is 0 Å². The van der Waals surface area contributed by atoms with Crippen LogP contribution >= 0.6 is 0 Å². The van der Waals surface area contributed by atoms with Gasteiger partial charge in [-0.2, -0.15) is 0 Å². The first-order valence-corrected chi connectivity index (χ1v) is 6.82. The third-order valence-corrected chi connectivity index (χ3v) is 2.79. The number of rotatable bonds is 5. The van der Waals surface area contributed by atoms with E-state index in [1.54, 1.807) is 0 Å². The fourth-order valence-corrected chi connectivity index (χ4v) is 1.82. The summed E-state index contributed by atoms with van der Waals surface area (Å²) in [4.78, 5) is 0. The molecule has 1 rings (SSSR count). The monoisotopic (exact) mass is 249 g/mol. The van der Waals surface area contributed by atoms with E-state index in [0.717, 1.165) is 12.2 Å². The number of benzene rings is 1. The van der Waals surface area contributed by atoms with E-state index in [4.69, 9.17) is 10.5 Å². The van der Waals surface area contributed by atoms with Gasteiger partial charge in [0, 0.05) is 6.04 Å². The third-order valence-electron chi connectivity index (χ3n) is 2.79. The number of nitrogens with two attached hydrogens (primary N) is 1. The second-order valence-electron chi connectivity index (χ2n) is 6.36. The van der Waals surface area contributed by atoms with Crippen molar-refractivity contribution < 1.29 is 4.74 Å². The first kappa shape index (κ1) is 15.0. The Balaban J connectivity index is 2.59. The minimum atomic E-state index is -0.152. The number of hydrogen-bond donors (Lipinski definition) is 1. The van der Waals surface area contributed by atoms with Crippen molar-refractivity contribution >= 4 is 0 Å². The zero-order chi connectivity index (χ0) is 13.8. The highest BCUT2D eigenvalue weighted by atomic mass is 16.5. The molecule has 0 spiro atoms. The first-order chi connectivity index (χ1) is 8.28. The van der Waals surface area contributed by atoms with Crippen molar-refractivity contribution in [3.05, 3.63) is 29.8 Å². The van der Waals surface area contributed by atoms with Crippen LogP contribution in [-0.2, 0) is 0 Å². The highest BCUT2D eigenvalue weighted by Gasteiger charge is 2.12. The van der Waals surface area contributed by atoms with Crippen LogP contribution in [0.1, 0.15) is 59.1 Å². The normalized spacial score (nSPS) is 13.7. The Morgan fingerprint density at radius 1 is 1.06 bits per heavy atom. The van der Waals surface area contributed by atoms with E-state index in [-0.39, 0.29) is 11.6 Å². The largest absolute Gasteiger partial charge is 0.488 e. The third kappa shape index (κ3) is 5.54. The summed E-state index contributed by atoms with van der Waals surface area (Å²) in [5.74, 6) is 1.61. The van der Waals surface area contributed by atoms with Gasteiger partial charge in [0.2, 0.25) is 0 Å². The predicted molar refractivity (Wildman–Crippen MR) is 77.8 cm³/mol. The van der Waals surface area contributed by atoms with Crippen molar-refractivity contribution in [1.29, 1.82) is 0 Å². The Hall–Kier alpha value is -1.02. The van der Waals surface area contributed by atoms with Crippen LogP contribution < -0.4 is 10.5 Å². The Kier molecular flexibility index (Phi) is 5.21. The van der Waals surface area contributed by atoms with Gasteiger partial charge in [-0.05, 0) is 57.2 Å². The Morgan fingerprint density at radius 2 is 1.61 bits per heavy atom. The maximum Gasteiger partial charge on any atom is 0.120 e. The molecule has 2 N–H and O–H groups in total. The first-order valence-electron chi connectivity index (χ1n) is 6.82. The molecule has 0 aliphatic heterocycles. The van der Waals surface area contributed by atoms with Gasteiger partial charge in [-0.25, -0.2) is 0 Å². The van der Waals surface area contributed by atoms with Gasteiger partial charge in [0.15, 0.2) is 0 Å². The molecular formula is C16H27NO. The Labute approximate surface area is 112 Å². The van der Waals surface area contributed by atoms with E-state index >= 15 is 0 Å². The van der Waals surface area contributed by atoms with Crippen LogP contribution in [-0.4, -0.2) is 5.60 Å². The molecule has 1 aromatic rings. The molecule has 0 saturated heterocycles. The smallest absolute Gasteiger partial charge is 0.120 e. The topological polar surface area (TPSA) is 35.2 Å². The van der Waals surface area contributed by atoms with Crippen molar-refractivity contribution in [2.45, 2.75) is 59.1 Å². The van der Waals surface area contributed by atoms with Crippen molar-refractivity contribution in [2.75, 3.05) is 0 Å². The zero-order valence-electron chi connectivity index (χ0n) is 12.4. The molecule has 0 heterocycles. The van der Waals surface area contributed by atoms with Crippen molar-refractivity contribution in [3.63, 3.8) is 0 Å². The maximum atomic E-state index is 6.18. The number of ether oxygens (including phenoxy) is 1. The molecule has 0 saturated carbocycles. The molecule has 102 valence electrons. The van der Waals surface area contributed by atoms with E-state index in [0.29, 0.717) is 5.92 Å². The van der Waals surface area contributed by atoms with Gasteiger partial charge in [0.05, 0.1) is 0 Å². The summed E-state index contributed by atoms with van der Waals surface area (Å²) in [6, 6.07) is 8.31. The molecule has 0 fully saturated rings. The summed E-state index contributed by atoms with van der Waals surface area (Å²) in [6.45, 7) is 10.6. The Bertz CT molecular complexity index is 348. The average Bonchev–Trinajstić information content (AvgIpc) is 2.24. The molecule has 0 unspecified atom stereocenters. The van der Waals surface area contributed by atoms with Crippen LogP contribution in [0, 0.1) is 5.92 Å². The molecule has 2 heteroatoms. The predicted octanol–water partition coefficient (Wildman–Crippen LogP) is 4.30. The van der Waals surface area contributed by atoms with Crippen LogP contribution in [0.15, 0.2) is 24.3 Å². The summed E-state index contributed by atoms with van der Waals surface area (Å²) in [6.07, 6.45) is 2.21. The van der Waals surface area contributed by atoms with E-state index < -0.39 is 0 Å². The molecule has 0 aliphatic carbocycles. The van der Waals surface area contributed by atoms with Crippen LogP contribution in [0.25, 0.3) is 0 Å². The quantitative estimate of drug-likeness (QED) is 0.844. The van der Waals surface area contributed by atoms with Crippen LogP contribution in [0.3, 0.4) is 0 Å². The van der Waals surface area contributed by atoms with Crippen molar-refractivity contribution in [1.82, 2.24) is 0 Å². The van der Waals surface area contributed by atoms with Crippen molar-refractivity contribution in [3.8, 4) is 5.75 Å². The maximum absolute atomic E-state index is 6.18. The minimum absolute atomic E-state index is 0.135. The van der Waals surface area contributed by atoms with Crippen LogP contribution in [0.5, 0.6) is 5.75 Å². The second-order valence-corrected chi connectivity index (χ2v) is 6.36. The lowest BCUT2D eigenvalue weighted by atomic mass is 9.98. The summed E-state index contributed by atoms with van der Waals surface area (Å²) in [7, 11) is 0. The highest BCUT2D eigenvalue weighted by Crippen LogP contribution is 2.23. The summed E-state index contributed by atoms with van der Waals surface area (Å²) < 4.78 is 5.79. The summed E-state index contributed by atoms with van der Waals surface area (Å²) >= 11 is 0. The van der Waals surface area contributed by atoms with E-state index in [1.807, 2.05) is 12.1 Å². The lowest BCUT2D eigenvalue weighted by Crippen LogP contribution is -2.22. The van der Waals surface area contributed by atoms with Crippen LogP contribution in [0.2, 0.25) is 0 Å². The van der Waals surface area contributed by atoms with Gasteiger partial charge in [-0.3, -0.25) is 0 Å². The fraction of sp³-hybridized carbons (Fsp3) is 0.625. The molecule has 18 heavy (non-hydrogen) atoms. The molecular weight excluding hydrogens is 222 g/mol. The van der Waals surface area contributed by atoms with Gasteiger partial charge in [-0.15, -0.1) is 0 Å². The number of hydrogen-bond acceptors (Lipinski definition) is 2. The van der Waals surface area contributed by atoms with E-state index in [1.165, 1.54) is 12.0 Å². The van der Waals surface area contributed by atoms with Gasteiger partial charge in [0.25, 0.3) is 0 Å². The van der Waals surface area contributed by atoms with Gasteiger partial charge < -0.3 is 10.5 Å². The standard InChI is InChI=1S/C16H27NO/c1-12(2)6-11-15(17)13-7-9-14(10-8-13)18-16(3,4)5/h7-10,12,15H,6,11,17H2,1-5H3/t15-/m0/s1. The molecule has 2 nitrogen and oxygen atoms in total. The molecule has 1 aromatic carbocycles. The van der Waals surface area contributed by atoms with Crippen LogP contribution in [0.4, 0.5) is 0 Å². The molecule has 0 aliphatic rings. The summed E-state index contributed by atoms with van der Waals surface area (Å²) in [5.41, 5.74) is 7.22. The zero-order valence-corrected chi connectivity index (χ0v) is 12.4. The molecule has 0 aromatic heterocycles. The molecule has 0 amide bonds. The van der Waals surface area contributed by atoms with E-state index in [9.17, 15) is 0 Å². The van der Waals surface area contributed by atoms with Gasteiger partial charge in [0.1, 0.15) is 11.4 Å². The Morgan fingerprint density at radius 3 is 2.06 bits per heavy atom.